The van der Waals surface area contributed by atoms with E-state index in [1.54, 1.807) is 16.2 Å². The first-order valence-corrected chi connectivity index (χ1v) is 10.5. The number of anilines is 1. The monoisotopic (exact) mass is 448 g/mol. The van der Waals surface area contributed by atoms with Gasteiger partial charge in [-0.3, -0.25) is 9.69 Å². The van der Waals surface area contributed by atoms with Crippen LogP contribution in [0.15, 0.2) is 34.5 Å². The van der Waals surface area contributed by atoms with Crippen LogP contribution in [0.25, 0.3) is 11.0 Å². The summed E-state index contributed by atoms with van der Waals surface area (Å²) in [5.41, 5.74) is 6.28. The molecule has 4 heterocycles. The van der Waals surface area contributed by atoms with Crippen molar-refractivity contribution in [1.29, 1.82) is 0 Å². The highest BCUT2D eigenvalue weighted by Crippen LogP contribution is 2.35. The molecule has 0 unspecified atom stereocenters. The van der Waals surface area contributed by atoms with Crippen molar-refractivity contribution in [3.8, 4) is 0 Å². The van der Waals surface area contributed by atoms with E-state index < -0.39 is 5.41 Å². The Morgan fingerprint density at radius 1 is 1.30 bits per heavy atom. The predicted octanol–water partition coefficient (Wildman–Crippen LogP) is 2.64. The molecule has 1 amide bonds. The number of amides is 1. The third-order valence-electron chi connectivity index (χ3n) is 5.18. The Morgan fingerprint density at radius 2 is 2.11 bits per heavy atom. The Bertz CT molecular complexity index is 948. The molecule has 9 heteroatoms. The fraction of sp³-hybridized carbons (Fsp3) is 0.389. The standard InChI is InChI=1S/C18H21BrN6OS/c19-14-2-1-12(27-14)9-25(16-13-3-6-22-15(13)23-11-24-16)17(26)18(10-20)4-7-21-8-5-18/h1-3,6,11,21H,4-5,7-10,20H2,(H,22,23,24). The van der Waals surface area contributed by atoms with Crippen molar-refractivity contribution < 1.29 is 4.79 Å². The van der Waals surface area contributed by atoms with Crippen LogP contribution in [-0.4, -0.2) is 40.5 Å². The van der Waals surface area contributed by atoms with Crippen LogP contribution in [0, 0.1) is 5.41 Å². The van der Waals surface area contributed by atoms with Crippen LogP contribution in [0.1, 0.15) is 17.7 Å². The number of halogens is 1. The first-order valence-electron chi connectivity index (χ1n) is 8.88. The number of nitrogens with two attached hydrogens (primary N) is 1. The molecule has 1 fully saturated rings. The zero-order valence-corrected chi connectivity index (χ0v) is 17.1. The third kappa shape index (κ3) is 3.52. The number of rotatable bonds is 5. The lowest BCUT2D eigenvalue weighted by Crippen LogP contribution is -2.53. The van der Waals surface area contributed by atoms with Gasteiger partial charge in [0.25, 0.3) is 0 Å². The number of aromatic nitrogens is 3. The van der Waals surface area contributed by atoms with Crippen molar-refractivity contribution in [2.24, 2.45) is 11.1 Å². The maximum absolute atomic E-state index is 13.8. The highest BCUT2D eigenvalue weighted by Gasteiger charge is 2.42. The number of hydrogen-bond donors (Lipinski definition) is 3. The molecule has 4 rings (SSSR count). The van der Waals surface area contributed by atoms with E-state index >= 15 is 0 Å². The van der Waals surface area contributed by atoms with Gasteiger partial charge in [0.15, 0.2) is 0 Å². The minimum Gasteiger partial charge on any atom is -0.346 e. The second kappa shape index (κ2) is 7.67. The van der Waals surface area contributed by atoms with Gasteiger partial charge in [-0.1, -0.05) is 0 Å². The number of fused-ring (bicyclic) bond motifs is 1. The third-order valence-corrected chi connectivity index (χ3v) is 6.79. The number of aromatic amines is 1. The van der Waals surface area contributed by atoms with Crippen molar-refractivity contribution in [3.05, 3.63) is 39.4 Å². The lowest BCUT2D eigenvalue weighted by atomic mass is 9.77. The molecular weight excluding hydrogens is 428 g/mol. The van der Waals surface area contributed by atoms with Crippen LogP contribution >= 0.6 is 27.3 Å². The fourth-order valence-electron chi connectivity index (χ4n) is 3.61. The molecule has 0 spiro atoms. The van der Waals surface area contributed by atoms with Crippen LogP contribution in [0.3, 0.4) is 0 Å². The molecule has 0 saturated carbocycles. The maximum Gasteiger partial charge on any atom is 0.236 e. The number of H-pyrrole nitrogens is 1. The quantitative estimate of drug-likeness (QED) is 0.556. The summed E-state index contributed by atoms with van der Waals surface area (Å²) < 4.78 is 1.04. The molecule has 3 aromatic rings. The molecule has 1 saturated heterocycles. The molecule has 0 aliphatic carbocycles. The number of piperidine rings is 1. The Hall–Kier alpha value is -1.81. The summed E-state index contributed by atoms with van der Waals surface area (Å²) >= 11 is 5.12. The SMILES string of the molecule is NCC1(C(=O)N(Cc2ccc(Br)s2)c2ncnc3[nH]ccc23)CCNCC1. The molecule has 1 aliphatic rings. The largest absolute Gasteiger partial charge is 0.346 e. The smallest absolute Gasteiger partial charge is 0.236 e. The summed E-state index contributed by atoms with van der Waals surface area (Å²) in [4.78, 5) is 28.5. The van der Waals surface area contributed by atoms with Crippen molar-refractivity contribution in [2.45, 2.75) is 19.4 Å². The Labute approximate surface area is 169 Å². The zero-order valence-electron chi connectivity index (χ0n) is 14.7. The van der Waals surface area contributed by atoms with Crippen molar-refractivity contribution >= 4 is 50.0 Å². The van der Waals surface area contributed by atoms with Crippen LogP contribution in [0.5, 0.6) is 0 Å². The number of hydrogen-bond acceptors (Lipinski definition) is 6. The van der Waals surface area contributed by atoms with Gasteiger partial charge in [0.2, 0.25) is 5.91 Å². The highest BCUT2D eigenvalue weighted by atomic mass is 79.9. The molecule has 1 aliphatic heterocycles. The normalized spacial score (nSPS) is 16.5. The topological polar surface area (TPSA) is 99.9 Å². The number of carbonyl (C=O) groups excluding carboxylic acids is 1. The summed E-state index contributed by atoms with van der Waals surface area (Å²) in [5, 5.41) is 4.16. The van der Waals surface area contributed by atoms with Gasteiger partial charge in [-0.25, -0.2) is 9.97 Å². The first kappa shape index (κ1) is 18.5. The van der Waals surface area contributed by atoms with Gasteiger partial charge >= 0.3 is 0 Å². The van der Waals surface area contributed by atoms with E-state index in [1.165, 1.54) is 6.33 Å². The van der Waals surface area contributed by atoms with Gasteiger partial charge < -0.3 is 16.0 Å². The summed E-state index contributed by atoms with van der Waals surface area (Å²) in [5.74, 6) is 0.666. The van der Waals surface area contributed by atoms with Crippen LogP contribution in [0.4, 0.5) is 5.82 Å². The first-order chi connectivity index (χ1) is 13.1. The summed E-state index contributed by atoms with van der Waals surface area (Å²) in [7, 11) is 0. The van der Waals surface area contributed by atoms with Crippen LogP contribution < -0.4 is 16.0 Å². The van der Waals surface area contributed by atoms with E-state index in [2.05, 4.69) is 36.2 Å². The van der Waals surface area contributed by atoms with Crippen molar-refractivity contribution in [3.63, 3.8) is 0 Å². The molecule has 27 heavy (non-hydrogen) atoms. The van der Waals surface area contributed by atoms with E-state index in [1.807, 2.05) is 24.4 Å². The Balaban J connectivity index is 1.78. The summed E-state index contributed by atoms with van der Waals surface area (Å²) in [6.07, 6.45) is 4.77. The zero-order chi connectivity index (χ0) is 18.9. The van der Waals surface area contributed by atoms with E-state index in [-0.39, 0.29) is 5.91 Å². The average Bonchev–Trinajstić information content (AvgIpc) is 3.34. The van der Waals surface area contributed by atoms with E-state index in [4.69, 9.17) is 5.73 Å². The minimum absolute atomic E-state index is 0.0391. The van der Waals surface area contributed by atoms with Crippen molar-refractivity contribution in [1.82, 2.24) is 20.3 Å². The number of thiophene rings is 1. The number of carbonyl (C=O) groups is 1. The molecule has 3 aromatic heterocycles. The Kier molecular flexibility index (Phi) is 5.27. The fourth-order valence-corrected chi connectivity index (χ4v) is 5.08. The van der Waals surface area contributed by atoms with E-state index in [9.17, 15) is 4.79 Å². The average molecular weight is 449 g/mol. The molecule has 0 radical (unpaired) electrons. The van der Waals surface area contributed by atoms with E-state index in [0.29, 0.717) is 18.9 Å². The molecule has 142 valence electrons. The molecule has 0 bridgehead atoms. The molecule has 4 N–H and O–H groups in total. The van der Waals surface area contributed by atoms with Gasteiger partial charge in [-0.2, -0.15) is 0 Å². The second-order valence-corrected chi connectivity index (χ2v) is 9.32. The second-order valence-electron chi connectivity index (χ2n) is 6.77. The van der Waals surface area contributed by atoms with Crippen molar-refractivity contribution in [2.75, 3.05) is 24.5 Å². The van der Waals surface area contributed by atoms with Gasteiger partial charge in [0.05, 0.1) is 21.1 Å². The van der Waals surface area contributed by atoms with E-state index in [0.717, 1.165) is 45.6 Å². The van der Waals surface area contributed by atoms with Gasteiger partial charge in [-0.05, 0) is 60.1 Å². The minimum atomic E-state index is -0.562. The number of nitrogens with one attached hydrogen (secondary N) is 2. The highest BCUT2D eigenvalue weighted by molar-refractivity contribution is 9.11. The molecule has 7 nitrogen and oxygen atoms in total. The number of nitrogens with zero attached hydrogens (tertiary/aromatic N) is 3. The lowest BCUT2D eigenvalue weighted by Gasteiger charge is -2.39. The molecule has 0 aromatic carbocycles. The van der Waals surface area contributed by atoms with Gasteiger partial charge in [-0.15, -0.1) is 11.3 Å². The van der Waals surface area contributed by atoms with Gasteiger partial charge in [0, 0.05) is 17.6 Å². The van der Waals surface area contributed by atoms with Gasteiger partial charge in [0.1, 0.15) is 17.8 Å². The maximum atomic E-state index is 13.8. The molecule has 0 atom stereocenters. The summed E-state index contributed by atoms with van der Waals surface area (Å²) in [6.45, 7) is 2.39. The van der Waals surface area contributed by atoms with Crippen LogP contribution in [-0.2, 0) is 11.3 Å². The van der Waals surface area contributed by atoms with Crippen LogP contribution in [0.2, 0.25) is 0 Å². The summed E-state index contributed by atoms with van der Waals surface area (Å²) in [6, 6.07) is 5.94. The Morgan fingerprint density at radius 3 is 2.81 bits per heavy atom. The molecular formula is C18H21BrN6OS. The predicted molar refractivity (Wildman–Crippen MR) is 111 cm³/mol. The lowest BCUT2D eigenvalue weighted by molar-refractivity contribution is -0.129.